The van der Waals surface area contributed by atoms with Gasteiger partial charge >= 0.3 is 0 Å². The number of nitro groups is 1. The maximum atomic E-state index is 11.0. The zero-order valence-corrected chi connectivity index (χ0v) is 13.6. The van der Waals surface area contributed by atoms with E-state index in [0.29, 0.717) is 34.9 Å². The van der Waals surface area contributed by atoms with Gasteiger partial charge in [0.25, 0.3) is 5.69 Å². The standard InChI is InChI=1S/C14H20BrNO4/c1-10(2)5-4-6-20-14-8-12(16(17)18)11(9-15)7-13(14)19-3/h7-8,10H,4-6,9H2,1-3H3. The third-order valence-corrected chi connectivity index (χ3v) is 3.49. The SMILES string of the molecule is COc1cc(CBr)c([N+](=O)[O-])cc1OCCCC(C)C. The Hall–Kier alpha value is -1.30. The highest BCUT2D eigenvalue weighted by atomic mass is 79.9. The lowest BCUT2D eigenvalue weighted by Crippen LogP contribution is -2.03. The molecule has 0 atom stereocenters. The largest absolute Gasteiger partial charge is 0.493 e. The summed E-state index contributed by atoms with van der Waals surface area (Å²) in [6, 6.07) is 3.08. The molecule has 0 spiro atoms. The molecule has 0 aromatic heterocycles. The van der Waals surface area contributed by atoms with Crippen LogP contribution in [0.3, 0.4) is 0 Å². The van der Waals surface area contributed by atoms with Crippen molar-refractivity contribution in [3.63, 3.8) is 0 Å². The summed E-state index contributed by atoms with van der Waals surface area (Å²) in [7, 11) is 1.53. The molecule has 6 heteroatoms. The van der Waals surface area contributed by atoms with Gasteiger partial charge in [-0.3, -0.25) is 10.1 Å². The number of benzene rings is 1. The molecule has 0 aliphatic heterocycles. The van der Waals surface area contributed by atoms with Gasteiger partial charge in [0.05, 0.1) is 24.7 Å². The Balaban J connectivity index is 2.88. The summed E-state index contributed by atoms with van der Waals surface area (Å²) in [6.45, 7) is 4.83. The smallest absolute Gasteiger partial charge is 0.277 e. The summed E-state index contributed by atoms with van der Waals surface area (Å²) in [5.41, 5.74) is 0.614. The summed E-state index contributed by atoms with van der Waals surface area (Å²) in [5, 5.41) is 11.4. The van der Waals surface area contributed by atoms with Crippen LogP contribution >= 0.6 is 15.9 Å². The van der Waals surface area contributed by atoms with E-state index in [0.717, 1.165) is 12.8 Å². The summed E-state index contributed by atoms with van der Waals surface area (Å²) in [6.07, 6.45) is 1.97. The third-order valence-electron chi connectivity index (χ3n) is 2.89. The fraction of sp³-hybridized carbons (Fsp3) is 0.571. The lowest BCUT2D eigenvalue weighted by molar-refractivity contribution is -0.385. The van der Waals surface area contributed by atoms with Crippen LogP contribution in [0.1, 0.15) is 32.3 Å². The van der Waals surface area contributed by atoms with Crippen molar-refractivity contribution in [2.75, 3.05) is 13.7 Å². The number of rotatable bonds is 8. The Morgan fingerprint density at radius 1 is 1.35 bits per heavy atom. The molecule has 20 heavy (non-hydrogen) atoms. The second-order valence-corrected chi connectivity index (χ2v) is 5.47. The van der Waals surface area contributed by atoms with Crippen molar-refractivity contribution in [1.82, 2.24) is 0 Å². The summed E-state index contributed by atoms with van der Waals surface area (Å²) >= 11 is 3.24. The topological polar surface area (TPSA) is 61.6 Å². The first-order valence-electron chi connectivity index (χ1n) is 6.53. The average Bonchev–Trinajstić information content (AvgIpc) is 2.42. The van der Waals surface area contributed by atoms with E-state index in [2.05, 4.69) is 29.8 Å². The molecule has 0 fully saturated rings. The number of nitro benzene ring substituents is 1. The van der Waals surface area contributed by atoms with Gasteiger partial charge < -0.3 is 9.47 Å². The van der Waals surface area contributed by atoms with Crippen LogP contribution in [-0.4, -0.2) is 18.6 Å². The maximum absolute atomic E-state index is 11.0. The van der Waals surface area contributed by atoms with Crippen molar-refractivity contribution < 1.29 is 14.4 Å². The molecule has 0 bridgehead atoms. The van der Waals surface area contributed by atoms with Gasteiger partial charge in [0.15, 0.2) is 11.5 Å². The molecule has 1 aromatic rings. The number of hydrogen-bond acceptors (Lipinski definition) is 4. The predicted octanol–water partition coefficient (Wildman–Crippen LogP) is 4.31. The van der Waals surface area contributed by atoms with Crippen molar-refractivity contribution in [2.24, 2.45) is 5.92 Å². The number of ether oxygens (including phenoxy) is 2. The van der Waals surface area contributed by atoms with Crippen LogP contribution in [-0.2, 0) is 5.33 Å². The second-order valence-electron chi connectivity index (χ2n) is 4.91. The van der Waals surface area contributed by atoms with E-state index in [1.807, 2.05) is 0 Å². The zero-order valence-electron chi connectivity index (χ0n) is 12.0. The molecule has 1 rings (SSSR count). The van der Waals surface area contributed by atoms with E-state index in [1.54, 1.807) is 6.07 Å². The Morgan fingerprint density at radius 2 is 2.05 bits per heavy atom. The van der Waals surface area contributed by atoms with Gasteiger partial charge in [-0.1, -0.05) is 29.8 Å². The van der Waals surface area contributed by atoms with Crippen LogP contribution in [0.25, 0.3) is 0 Å². The number of methoxy groups -OCH3 is 1. The second kappa shape index (κ2) is 8.09. The normalized spacial score (nSPS) is 10.7. The Labute approximate surface area is 127 Å². The molecule has 0 unspecified atom stereocenters. The first kappa shape index (κ1) is 16.8. The molecule has 0 saturated heterocycles. The molecule has 112 valence electrons. The van der Waals surface area contributed by atoms with Crippen molar-refractivity contribution in [1.29, 1.82) is 0 Å². The zero-order chi connectivity index (χ0) is 15.1. The van der Waals surface area contributed by atoms with Gasteiger partial charge in [-0.15, -0.1) is 0 Å². The minimum absolute atomic E-state index is 0.0431. The number of hydrogen-bond donors (Lipinski definition) is 0. The molecule has 0 aliphatic rings. The van der Waals surface area contributed by atoms with Crippen LogP contribution in [0, 0.1) is 16.0 Å². The van der Waals surface area contributed by atoms with Crippen molar-refractivity contribution in [3.05, 3.63) is 27.8 Å². The molecule has 1 aromatic carbocycles. The van der Waals surface area contributed by atoms with Crippen LogP contribution in [0.15, 0.2) is 12.1 Å². The highest BCUT2D eigenvalue weighted by Crippen LogP contribution is 2.35. The monoisotopic (exact) mass is 345 g/mol. The van der Waals surface area contributed by atoms with Gasteiger partial charge in [0, 0.05) is 10.9 Å². The van der Waals surface area contributed by atoms with Gasteiger partial charge in [-0.05, 0) is 24.8 Å². The minimum atomic E-state index is -0.406. The summed E-state index contributed by atoms with van der Waals surface area (Å²) in [4.78, 5) is 10.6. The highest BCUT2D eigenvalue weighted by Gasteiger charge is 2.18. The van der Waals surface area contributed by atoms with Gasteiger partial charge in [0.1, 0.15) is 0 Å². The van der Waals surface area contributed by atoms with E-state index in [1.165, 1.54) is 13.2 Å². The van der Waals surface area contributed by atoms with Crippen molar-refractivity contribution in [3.8, 4) is 11.5 Å². The Morgan fingerprint density at radius 3 is 2.55 bits per heavy atom. The highest BCUT2D eigenvalue weighted by molar-refractivity contribution is 9.08. The minimum Gasteiger partial charge on any atom is -0.493 e. The first-order chi connectivity index (χ1) is 9.49. The van der Waals surface area contributed by atoms with E-state index in [4.69, 9.17) is 9.47 Å². The number of alkyl halides is 1. The molecular weight excluding hydrogens is 326 g/mol. The quantitative estimate of drug-likeness (QED) is 0.304. The van der Waals surface area contributed by atoms with E-state index in [9.17, 15) is 10.1 Å². The average molecular weight is 346 g/mol. The summed E-state index contributed by atoms with van der Waals surface area (Å²) in [5.74, 6) is 1.56. The van der Waals surface area contributed by atoms with Crippen molar-refractivity contribution >= 4 is 21.6 Å². The van der Waals surface area contributed by atoms with Crippen LogP contribution in [0.5, 0.6) is 11.5 Å². The molecule has 0 radical (unpaired) electrons. The Bertz CT molecular complexity index is 463. The molecule has 0 N–H and O–H groups in total. The van der Waals surface area contributed by atoms with Crippen LogP contribution in [0.4, 0.5) is 5.69 Å². The fourth-order valence-electron chi connectivity index (χ4n) is 1.81. The number of nitrogens with zero attached hydrogens (tertiary/aromatic N) is 1. The lowest BCUT2D eigenvalue weighted by Gasteiger charge is -2.12. The van der Waals surface area contributed by atoms with Gasteiger partial charge in [-0.2, -0.15) is 0 Å². The molecule has 5 nitrogen and oxygen atoms in total. The molecule has 0 aliphatic carbocycles. The molecule has 0 heterocycles. The van der Waals surface area contributed by atoms with E-state index >= 15 is 0 Å². The van der Waals surface area contributed by atoms with Crippen molar-refractivity contribution in [2.45, 2.75) is 32.0 Å². The van der Waals surface area contributed by atoms with E-state index < -0.39 is 4.92 Å². The summed E-state index contributed by atoms with van der Waals surface area (Å²) < 4.78 is 10.9. The first-order valence-corrected chi connectivity index (χ1v) is 7.65. The fourth-order valence-corrected chi connectivity index (χ4v) is 2.26. The van der Waals surface area contributed by atoms with Crippen LogP contribution < -0.4 is 9.47 Å². The lowest BCUT2D eigenvalue weighted by atomic mass is 10.1. The molecule has 0 saturated carbocycles. The van der Waals surface area contributed by atoms with Crippen LogP contribution in [0.2, 0.25) is 0 Å². The van der Waals surface area contributed by atoms with Gasteiger partial charge in [0.2, 0.25) is 0 Å². The molecular formula is C14H20BrNO4. The third kappa shape index (κ3) is 4.67. The molecule has 0 amide bonds. The number of halogens is 1. The predicted molar refractivity (Wildman–Crippen MR) is 81.8 cm³/mol. The Kier molecular flexibility index (Phi) is 6.78. The van der Waals surface area contributed by atoms with E-state index in [-0.39, 0.29) is 5.69 Å². The maximum Gasteiger partial charge on any atom is 0.277 e. The van der Waals surface area contributed by atoms with Gasteiger partial charge in [-0.25, -0.2) is 0 Å².